The fourth-order valence-electron chi connectivity index (χ4n) is 2.84. The summed E-state index contributed by atoms with van der Waals surface area (Å²) in [4.78, 5) is 15.4. The van der Waals surface area contributed by atoms with Crippen LogP contribution in [0.2, 0.25) is 0 Å². The van der Waals surface area contributed by atoms with Crippen molar-refractivity contribution in [2.75, 3.05) is 39.8 Å². The van der Waals surface area contributed by atoms with E-state index in [1.807, 2.05) is 0 Å². The molecule has 1 spiro atoms. The molecule has 0 radical (unpaired) electrons. The third-order valence-corrected chi connectivity index (χ3v) is 3.40. The lowest BCUT2D eigenvalue weighted by molar-refractivity contribution is -0.118. The van der Waals surface area contributed by atoms with E-state index < -0.39 is 0 Å². The van der Waals surface area contributed by atoms with Gasteiger partial charge in [-0.05, 0) is 20.0 Å². The molecule has 14 heavy (non-hydrogen) atoms. The van der Waals surface area contributed by atoms with Gasteiger partial charge in [0.05, 0.1) is 0 Å². The molecule has 4 heteroatoms. The van der Waals surface area contributed by atoms with E-state index in [0.717, 1.165) is 19.6 Å². The lowest BCUT2D eigenvalue weighted by Crippen LogP contribution is -2.55. The second-order valence-corrected chi connectivity index (χ2v) is 4.91. The van der Waals surface area contributed by atoms with E-state index >= 15 is 0 Å². The van der Waals surface area contributed by atoms with Crippen molar-refractivity contribution in [3.63, 3.8) is 0 Å². The van der Waals surface area contributed by atoms with E-state index in [4.69, 9.17) is 5.73 Å². The minimum atomic E-state index is -0.184. The second kappa shape index (κ2) is 3.51. The van der Waals surface area contributed by atoms with Crippen molar-refractivity contribution in [1.82, 2.24) is 9.80 Å². The zero-order chi connectivity index (χ0) is 10.2. The van der Waals surface area contributed by atoms with Gasteiger partial charge in [0.1, 0.15) is 0 Å². The van der Waals surface area contributed by atoms with Crippen LogP contribution in [0.1, 0.15) is 12.8 Å². The molecule has 4 nitrogen and oxygen atoms in total. The molecule has 0 aromatic carbocycles. The summed E-state index contributed by atoms with van der Waals surface area (Å²) in [5.41, 5.74) is 5.68. The average Bonchev–Trinajstić information content (AvgIpc) is 2.45. The molecule has 2 saturated heterocycles. The van der Waals surface area contributed by atoms with Crippen LogP contribution in [-0.4, -0.2) is 55.5 Å². The smallest absolute Gasteiger partial charge is 0.218 e. The molecule has 0 aliphatic carbocycles. The van der Waals surface area contributed by atoms with E-state index in [2.05, 4.69) is 16.8 Å². The Kier molecular flexibility index (Phi) is 2.49. The van der Waals surface area contributed by atoms with Gasteiger partial charge in [-0.15, -0.1) is 0 Å². The number of rotatable bonds is 3. The zero-order valence-corrected chi connectivity index (χ0v) is 8.83. The van der Waals surface area contributed by atoms with Gasteiger partial charge >= 0.3 is 0 Å². The quantitative estimate of drug-likeness (QED) is 0.663. The van der Waals surface area contributed by atoms with Gasteiger partial charge in [-0.1, -0.05) is 0 Å². The molecule has 0 bridgehead atoms. The molecule has 2 aliphatic rings. The molecule has 0 aromatic heterocycles. The lowest BCUT2D eigenvalue weighted by atomic mass is 9.79. The van der Waals surface area contributed by atoms with Crippen LogP contribution >= 0.6 is 0 Å². The topological polar surface area (TPSA) is 49.6 Å². The van der Waals surface area contributed by atoms with Crippen LogP contribution in [0.4, 0.5) is 0 Å². The highest BCUT2D eigenvalue weighted by Gasteiger charge is 2.45. The Morgan fingerprint density at radius 3 is 2.71 bits per heavy atom. The number of nitrogens with two attached hydrogens (primary N) is 1. The summed E-state index contributed by atoms with van der Waals surface area (Å²) in [5.74, 6) is -0.184. The van der Waals surface area contributed by atoms with Crippen LogP contribution in [0.5, 0.6) is 0 Å². The summed E-state index contributed by atoms with van der Waals surface area (Å²) in [6.45, 7) is 5.59. The van der Waals surface area contributed by atoms with Gasteiger partial charge in [0, 0.05) is 38.0 Å². The first-order valence-corrected chi connectivity index (χ1v) is 5.29. The number of primary amides is 1. The predicted octanol–water partition coefficient (Wildman–Crippen LogP) is -0.501. The van der Waals surface area contributed by atoms with Crippen molar-refractivity contribution in [3.8, 4) is 0 Å². The van der Waals surface area contributed by atoms with Crippen LogP contribution in [0.25, 0.3) is 0 Å². The van der Waals surface area contributed by atoms with Crippen LogP contribution < -0.4 is 5.73 Å². The van der Waals surface area contributed by atoms with Crippen LogP contribution in [0.15, 0.2) is 0 Å². The maximum absolute atomic E-state index is 10.6. The minimum Gasteiger partial charge on any atom is -0.370 e. The van der Waals surface area contributed by atoms with Gasteiger partial charge in [0.25, 0.3) is 0 Å². The normalized spacial score (nSPS) is 26.6. The van der Waals surface area contributed by atoms with Gasteiger partial charge in [-0.2, -0.15) is 0 Å². The summed E-state index contributed by atoms with van der Waals surface area (Å²) in [6, 6.07) is 0. The molecule has 1 amide bonds. The van der Waals surface area contributed by atoms with E-state index in [1.54, 1.807) is 0 Å². The van der Waals surface area contributed by atoms with Crippen molar-refractivity contribution in [2.24, 2.45) is 11.1 Å². The van der Waals surface area contributed by atoms with Crippen molar-refractivity contribution in [2.45, 2.75) is 12.8 Å². The molecular weight excluding hydrogens is 178 g/mol. The largest absolute Gasteiger partial charge is 0.370 e. The Morgan fingerprint density at radius 2 is 2.14 bits per heavy atom. The van der Waals surface area contributed by atoms with Crippen molar-refractivity contribution in [3.05, 3.63) is 0 Å². The van der Waals surface area contributed by atoms with Crippen molar-refractivity contribution < 1.29 is 4.79 Å². The number of carbonyl (C=O) groups is 1. The minimum absolute atomic E-state index is 0.184. The highest BCUT2D eigenvalue weighted by molar-refractivity contribution is 5.73. The second-order valence-electron chi connectivity index (χ2n) is 4.91. The maximum atomic E-state index is 10.6. The summed E-state index contributed by atoms with van der Waals surface area (Å²) >= 11 is 0. The van der Waals surface area contributed by atoms with Crippen molar-refractivity contribution >= 4 is 5.91 Å². The molecular formula is C10H19N3O. The van der Waals surface area contributed by atoms with Crippen LogP contribution in [-0.2, 0) is 4.79 Å². The number of carbonyl (C=O) groups excluding carboxylic acids is 1. The van der Waals surface area contributed by atoms with E-state index in [0.29, 0.717) is 11.8 Å². The van der Waals surface area contributed by atoms with E-state index in [1.165, 1.54) is 19.5 Å². The Labute approximate surface area is 85.0 Å². The molecule has 2 heterocycles. The third-order valence-electron chi connectivity index (χ3n) is 3.40. The standard InChI is InChI=1S/C10H19N3O/c1-12-6-10(7-12)3-5-13(8-10)4-2-9(11)14/h2-8H2,1H3,(H2,11,14). The maximum Gasteiger partial charge on any atom is 0.218 e. The average molecular weight is 197 g/mol. The molecule has 0 atom stereocenters. The summed E-state index contributed by atoms with van der Waals surface area (Å²) in [7, 11) is 2.16. The Morgan fingerprint density at radius 1 is 1.43 bits per heavy atom. The SMILES string of the molecule is CN1CC2(CCN(CCC(N)=O)C2)C1. The molecule has 80 valence electrons. The number of amides is 1. The third kappa shape index (κ3) is 1.91. The highest BCUT2D eigenvalue weighted by Crippen LogP contribution is 2.38. The monoisotopic (exact) mass is 197 g/mol. The van der Waals surface area contributed by atoms with Gasteiger partial charge in [-0.25, -0.2) is 0 Å². The predicted molar refractivity (Wildman–Crippen MR) is 54.8 cm³/mol. The molecule has 2 rings (SSSR count). The summed E-state index contributed by atoms with van der Waals surface area (Å²) in [5, 5.41) is 0. The number of nitrogens with zero attached hydrogens (tertiary/aromatic N) is 2. The highest BCUT2D eigenvalue weighted by atomic mass is 16.1. The van der Waals surface area contributed by atoms with Gasteiger partial charge < -0.3 is 15.5 Å². The fraction of sp³-hybridized carbons (Fsp3) is 0.900. The Balaban J connectivity index is 1.75. The molecule has 0 unspecified atom stereocenters. The fourth-order valence-corrected chi connectivity index (χ4v) is 2.84. The number of likely N-dealkylation sites (tertiary alicyclic amines) is 2. The summed E-state index contributed by atoms with van der Waals surface area (Å²) in [6.07, 6.45) is 1.79. The van der Waals surface area contributed by atoms with Gasteiger partial charge in [-0.3, -0.25) is 4.79 Å². The first-order chi connectivity index (χ1) is 6.60. The summed E-state index contributed by atoms with van der Waals surface area (Å²) < 4.78 is 0. The molecule has 0 saturated carbocycles. The first kappa shape index (κ1) is 9.93. The van der Waals surface area contributed by atoms with Crippen LogP contribution in [0.3, 0.4) is 0 Å². The van der Waals surface area contributed by atoms with Crippen molar-refractivity contribution in [1.29, 1.82) is 0 Å². The molecule has 2 N–H and O–H groups in total. The first-order valence-electron chi connectivity index (χ1n) is 5.29. The van der Waals surface area contributed by atoms with Gasteiger partial charge in [0.2, 0.25) is 5.91 Å². The molecule has 2 fully saturated rings. The van der Waals surface area contributed by atoms with E-state index in [-0.39, 0.29) is 5.91 Å². The molecule has 0 aromatic rings. The van der Waals surface area contributed by atoms with Crippen LogP contribution in [0, 0.1) is 5.41 Å². The Hall–Kier alpha value is -0.610. The number of hydrogen-bond acceptors (Lipinski definition) is 3. The number of hydrogen-bond donors (Lipinski definition) is 1. The molecule has 2 aliphatic heterocycles. The van der Waals surface area contributed by atoms with Gasteiger partial charge in [0.15, 0.2) is 0 Å². The lowest BCUT2D eigenvalue weighted by Gasteiger charge is -2.46. The van der Waals surface area contributed by atoms with E-state index in [9.17, 15) is 4.79 Å². The Bertz CT molecular complexity index is 236. The zero-order valence-electron chi connectivity index (χ0n) is 8.83.